The van der Waals surface area contributed by atoms with Crippen molar-refractivity contribution in [3.05, 3.63) is 47.7 Å². The van der Waals surface area contributed by atoms with E-state index in [0.717, 1.165) is 22.4 Å². The highest BCUT2D eigenvalue weighted by atomic mass is 32.2. The van der Waals surface area contributed by atoms with E-state index in [0.29, 0.717) is 18.3 Å². The van der Waals surface area contributed by atoms with Gasteiger partial charge in [0.25, 0.3) is 0 Å². The van der Waals surface area contributed by atoms with E-state index < -0.39 is 0 Å². The van der Waals surface area contributed by atoms with E-state index in [1.807, 2.05) is 47.1 Å². The Hall–Kier alpha value is -2.78. The zero-order valence-corrected chi connectivity index (χ0v) is 15.2. The Bertz CT molecular complexity index is 1080. The van der Waals surface area contributed by atoms with Gasteiger partial charge in [-0.05, 0) is 24.3 Å². The van der Waals surface area contributed by atoms with Crippen molar-refractivity contribution in [2.75, 3.05) is 6.61 Å². The summed E-state index contributed by atoms with van der Waals surface area (Å²) in [5, 5.41) is 22.2. The molecule has 0 aliphatic carbocycles. The molecule has 0 aromatic carbocycles. The number of rotatable bonds is 5. The molecule has 3 aromatic heterocycles. The largest absolute Gasteiger partial charge is 0.394 e. The molecular formula is C18H17N7OS. The molecule has 5 rings (SSSR count). The van der Waals surface area contributed by atoms with E-state index in [1.165, 1.54) is 4.91 Å². The van der Waals surface area contributed by atoms with Gasteiger partial charge in [0.05, 0.1) is 42.9 Å². The van der Waals surface area contributed by atoms with Crippen LogP contribution in [0.2, 0.25) is 0 Å². The number of aromatic nitrogens is 6. The molecule has 0 radical (unpaired) electrons. The Kier molecular flexibility index (Phi) is 4.10. The van der Waals surface area contributed by atoms with Gasteiger partial charge in [-0.25, -0.2) is 9.67 Å². The number of pyridine rings is 1. The normalized spacial score (nSPS) is 21.0. The summed E-state index contributed by atoms with van der Waals surface area (Å²) in [5.41, 5.74) is 3.22. The summed E-state index contributed by atoms with van der Waals surface area (Å²) in [4.78, 5) is 10.5. The summed E-state index contributed by atoms with van der Waals surface area (Å²) in [6.07, 6.45) is 11.9. The molecule has 0 spiro atoms. The van der Waals surface area contributed by atoms with Crippen molar-refractivity contribution in [1.82, 2.24) is 29.8 Å². The standard InChI is InChI=1S/C18H17N7OS/c26-7-6-24-10-12(9-20-24)14-3-4-15-18(21-14)25(23-22-15)11-13-8-16-17(27-13)2-1-5-19-16/h1-5,8-10,16-17,26H,6-7,11H2. The molecule has 0 saturated heterocycles. The van der Waals surface area contributed by atoms with Crippen LogP contribution in [0.25, 0.3) is 22.4 Å². The van der Waals surface area contributed by atoms with Gasteiger partial charge in [0.1, 0.15) is 5.52 Å². The molecule has 0 amide bonds. The fourth-order valence-electron chi connectivity index (χ4n) is 3.24. The average Bonchev–Trinajstić information content (AvgIpc) is 3.40. The molecule has 5 heterocycles. The van der Waals surface area contributed by atoms with Gasteiger partial charge < -0.3 is 5.11 Å². The zero-order valence-electron chi connectivity index (χ0n) is 14.4. The van der Waals surface area contributed by atoms with Crippen molar-refractivity contribution in [3.63, 3.8) is 0 Å². The first-order chi connectivity index (χ1) is 13.3. The number of fused-ring (bicyclic) bond motifs is 2. The van der Waals surface area contributed by atoms with Crippen molar-refractivity contribution < 1.29 is 5.11 Å². The fourth-order valence-corrected chi connectivity index (χ4v) is 4.46. The van der Waals surface area contributed by atoms with Crippen LogP contribution in [0.3, 0.4) is 0 Å². The van der Waals surface area contributed by atoms with E-state index >= 15 is 0 Å². The van der Waals surface area contributed by atoms with E-state index in [2.05, 4.69) is 32.6 Å². The quantitative estimate of drug-likeness (QED) is 0.725. The molecule has 8 nitrogen and oxygen atoms in total. The highest BCUT2D eigenvalue weighted by molar-refractivity contribution is 8.04. The lowest BCUT2D eigenvalue weighted by molar-refractivity contribution is 0.269. The number of dihydropyridines is 1. The van der Waals surface area contributed by atoms with Gasteiger partial charge in [0.15, 0.2) is 5.65 Å². The lowest BCUT2D eigenvalue weighted by Crippen LogP contribution is -2.14. The van der Waals surface area contributed by atoms with Crippen LogP contribution >= 0.6 is 11.8 Å². The molecule has 27 heavy (non-hydrogen) atoms. The number of thioether (sulfide) groups is 1. The summed E-state index contributed by atoms with van der Waals surface area (Å²) >= 11 is 1.82. The highest BCUT2D eigenvalue weighted by Crippen LogP contribution is 2.37. The SMILES string of the molecule is OCCn1cc(-c2ccc3nnn(CC4=CC5N=CC=CC5S4)c3n2)cn1. The molecule has 0 saturated carbocycles. The summed E-state index contributed by atoms with van der Waals surface area (Å²) in [5.74, 6) is 0. The Morgan fingerprint density at radius 3 is 3.11 bits per heavy atom. The van der Waals surface area contributed by atoms with Gasteiger partial charge in [0.2, 0.25) is 0 Å². The summed E-state index contributed by atoms with van der Waals surface area (Å²) < 4.78 is 3.53. The van der Waals surface area contributed by atoms with Crippen LogP contribution in [0.15, 0.2) is 52.7 Å². The molecule has 2 aliphatic heterocycles. The van der Waals surface area contributed by atoms with Crippen molar-refractivity contribution >= 4 is 29.1 Å². The van der Waals surface area contributed by atoms with Crippen LogP contribution in [-0.2, 0) is 13.1 Å². The van der Waals surface area contributed by atoms with Crippen LogP contribution in [0.1, 0.15) is 0 Å². The maximum atomic E-state index is 9.05. The van der Waals surface area contributed by atoms with Gasteiger partial charge in [0, 0.05) is 22.9 Å². The van der Waals surface area contributed by atoms with Crippen LogP contribution in [0.5, 0.6) is 0 Å². The van der Waals surface area contributed by atoms with Gasteiger partial charge >= 0.3 is 0 Å². The maximum Gasteiger partial charge on any atom is 0.179 e. The molecule has 0 bridgehead atoms. The predicted octanol–water partition coefficient (Wildman–Crippen LogP) is 1.69. The van der Waals surface area contributed by atoms with Crippen molar-refractivity contribution in [2.24, 2.45) is 4.99 Å². The molecule has 2 unspecified atom stereocenters. The van der Waals surface area contributed by atoms with Crippen molar-refractivity contribution in [2.45, 2.75) is 24.4 Å². The Morgan fingerprint density at radius 1 is 1.26 bits per heavy atom. The van der Waals surface area contributed by atoms with Crippen LogP contribution in [0.4, 0.5) is 0 Å². The smallest absolute Gasteiger partial charge is 0.179 e. The van der Waals surface area contributed by atoms with E-state index in [4.69, 9.17) is 10.1 Å². The monoisotopic (exact) mass is 379 g/mol. The van der Waals surface area contributed by atoms with Crippen molar-refractivity contribution in [3.8, 4) is 11.3 Å². The van der Waals surface area contributed by atoms with Gasteiger partial charge in [-0.1, -0.05) is 11.3 Å². The minimum Gasteiger partial charge on any atom is -0.394 e. The summed E-state index contributed by atoms with van der Waals surface area (Å²) in [6.45, 7) is 1.16. The van der Waals surface area contributed by atoms with Gasteiger partial charge in [-0.2, -0.15) is 5.10 Å². The maximum absolute atomic E-state index is 9.05. The first-order valence-corrected chi connectivity index (χ1v) is 9.59. The molecule has 136 valence electrons. The summed E-state index contributed by atoms with van der Waals surface area (Å²) in [7, 11) is 0. The molecule has 0 fully saturated rings. The second kappa shape index (κ2) is 6.75. The summed E-state index contributed by atoms with van der Waals surface area (Å²) in [6, 6.07) is 4.05. The first kappa shape index (κ1) is 16.4. The molecular weight excluding hydrogens is 362 g/mol. The Morgan fingerprint density at radius 2 is 2.22 bits per heavy atom. The Labute approximate surface area is 159 Å². The lowest BCUT2D eigenvalue weighted by Gasteiger charge is -2.12. The number of nitrogens with zero attached hydrogens (tertiary/aromatic N) is 7. The third kappa shape index (κ3) is 3.08. The van der Waals surface area contributed by atoms with Gasteiger partial charge in [-0.3, -0.25) is 9.67 Å². The first-order valence-electron chi connectivity index (χ1n) is 8.71. The Balaban J connectivity index is 1.43. The zero-order chi connectivity index (χ0) is 18.2. The molecule has 9 heteroatoms. The molecule has 3 aromatic rings. The molecule has 2 atom stereocenters. The fraction of sp³-hybridized carbons (Fsp3) is 0.278. The van der Waals surface area contributed by atoms with E-state index in [9.17, 15) is 0 Å². The minimum absolute atomic E-state index is 0.0538. The van der Waals surface area contributed by atoms with E-state index in [-0.39, 0.29) is 12.6 Å². The number of hydrogen-bond donors (Lipinski definition) is 1. The minimum atomic E-state index is 0.0538. The van der Waals surface area contributed by atoms with Crippen molar-refractivity contribution in [1.29, 1.82) is 0 Å². The lowest BCUT2D eigenvalue weighted by atomic mass is 10.1. The van der Waals surface area contributed by atoms with Gasteiger partial charge in [-0.15, -0.1) is 16.9 Å². The van der Waals surface area contributed by atoms with E-state index in [1.54, 1.807) is 10.9 Å². The second-order valence-corrected chi connectivity index (χ2v) is 7.70. The molecule has 1 N–H and O–H groups in total. The van der Waals surface area contributed by atoms with Crippen LogP contribution in [0, 0.1) is 0 Å². The highest BCUT2D eigenvalue weighted by Gasteiger charge is 2.27. The van der Waals surface area contributed by atoms with Crippen LogP contribution in [-0.4, -0.2) is 59.0 Å². The third-order valence-corrected chi connectivity index (χ3v) is 5.83. The number of aliphatic hydroxyl groups is 1. The number of hydrogen-bond acceptors (Lipinski definition) is 7. The average molecular weight is 379 g/mol. The number of aliphatic hydroxyl groups excluding tert-OH is 1. The topological polar surface area (TPSA) is 94.0 Å². The molecule has 2 aliphatic rings. The number of allylic oxidation sites excluding steroid dienone is 2. The third-order valence-electron chi connectivity index (χ3n) is 4.55. The second-order valence-electron chi connectivity index (χ2n) is 6.39. The number of aliphatic imine (C=N–C) groups is 1. The predicted molar refractivity (Wildman–Crippen MR) is 105 cm³/mol. The van der Waals surface area contributed by atoms with Crippen LogP contribution < -0.4 is 0 Å².